The number of hydrogen-bond acceptors (Lipinski definition) is 4. The van der Waals surface area contributed by atoms with Crippen molar-refractivity contribution >= 4 is 11.8 Å². The first kappa shape index (κ1) is 12.4. The first-order chi connectivity index (χ1) is 6.49. The van der Waals surface area contributed by atoms with Gasteiger partial charge in [0.1, 0.15) is 0 Å². The third-order valence-corrected chi connectivity index (χ3v) is 1.40. The summed E-state index contributed by atoms with van der Waals surface area (Å²) in [7, 11) is 0. The highest BCUT2D eigenvalue weighted by atomic mass is 16.5. The number of carbonyl (C=O) groups is 2. The Morgan fingerprint density at radius 2 is 1.86 bits per heavy atom. The van der Waals surface area contributed by atoms with E-state index in [0.717, 1.165) is 0 Å². The highest BCUT2D eigenvalue weighted by Gasteiger charge is 2.09. The lowest BCUT2D eigenvalue weighted by Crippen LogP contribution is -2.11. The van der Waals surface area contributed by atoms with Crippen molar-refractivity contribution in [3.8, 4) is 0 Å². The van der Waals surface area contributed by atoms with Crippen molar-refractivity contribution in [3.63, 3.8) is 0 Å². The van der Waals surface area contributed by atoms with Crippen LogP contribution in [0.2, 0.25) is 0 Å². The minimum Gasteiger partial charge on any atom is -0.462 e. The molecule has 0 rings (SSSR count). The van der Waals surface area contributed by atoms with Gasteiger partial charge in [0.05, 0.1) is 12.2 Å². The standard InChI is InChI=1S/C10H15NO3/c1-4-14-10(13)9(8(3)11)6-5-7(2)12/h5-6H,4,11H2,1-3H3/b6-5+,9-8-. The SMILES string of the molecule is CCOC(=O)C(/C=C/C(C)=O)=C(/C)N. The molecule has 2 N–H and O–H groups in total. The van der Waals surface area contributed by atoms with E-state index in [1.807, 2.05) is 0 Å². The molecule has 0 aromatic carbocycles. The van der Waals surface area contributed by atoms with Crippen LogP contribution in [-0.2, 0) is 14.3 Å². The van der Waals surface area contributed by atoms with E-state index in [9.17, 15) is 9.59 Å². The third-order valence-electron chi connectivity index (χ3n) is 1.40. The maximum absolute atomic E-state index is 11.3. The number of ether oxygens (including phenoxy) is 1. The number of nitrogens with two attached hydrogens (primary N) is 1. The molecule has 0 aromatic rings. The van der Waals surface area contributed by atoms with Crippen LogP contribution in [0.3, 0.4) is 0 Å². The molecular weight excluding hydrogens is 182 g/mol. The fraction of sp³-hybridized carbons (Fsp3) is 0.400. The highest BCUT2D eigenvalue weighted by Crippen LogP contribution is 2.04. The van der Waals surface area contributed by atoms with E-state index in [4.69, 9.17) is 10.5 Å². The second-order valence-electron chi connectivity index (χ2n) is 2.76. The fourth-order valence-corrected chi connectivity index (χ4v) is 0.770. The average Bonchev–Trinajstić information content (AvgIpc) is 2.03. The second-order valence-corrected chi connectivity index (χ2v) is 2.76. The predicted molar refractivity (Wildman–Crippen MR) is 53.3 cm³/mol. The zero-order chi connectivity index (χ0) is 11.1. The summed E-state index contributed by atoms with van der Waals surface area (Å²) in [5.74, 6) is -0.655. The maximum Gasteiger partial charge on any atom is 0.339 e. The molecule has 0 fully saturated rings. The van der Waals surface area contributed by atoms with Crippen LogP contribution in [0.5, 0.6) is 0 Å². The van der Waals surface area contributed by atoms with Crippen LogP contribution in [0.25, 0.3) is 0 Å². The summed E-state index contributed by atoms with van der Waals surface area (Å²) in [6.45, 7) is 4.96. The molecule has 0 bridgehead atoms. The maximum atomic E-state index is 11.3. The van der Waals surface area contributed by atoms with Gasteiger partial charge in [0.2, 0.25) is 0 Å². The number of esters is 1. The molecule has 0 saturated heterocycles. The van der Waals surface area contributed by atoms with Gasteiger partial charge >= 0.3 is 5.97 Å². The molecule has 4 nitrogen and oxygen atoms in total. The summed E-state index contributed by atoms with van der Waals surface area (Å²) < 4.78 is 4.76. The highest BCUT2D eigenvalue weighted by molar-refractivity contribution is 5.95. The van der Waals surface area contributed by atoms with Crippen LogP contribution >= 0.6 is 0 Å². The molecule has 0 saturated carbocycles. The molecular formula is C10H15NO3. The minimum atomic E-state index is -0.509. The van der Waals surface area contributed by atoms with E-state index in [0.29, 0.717) is 5.70 Å². The molecule has 0 radical (unpaired) electrons. The summed E-state index contributed by atoms with van der Waals surface area (Å²) in [6, 6.07) is 0. The van der Waals surface area contributed by atoms with Gasteiger partial charge in [-0.3, -0.25) is 4.79 Å². The molecule has 0 unspecified atom stereocenters. The molecule has 0 spiro atoms. The zero-order valence-electron chi connectivity index (χ0n) is 8.66. The van der Waals surface area contributed by atoms with Gasteiger partial charge in [-0.2, -0.15) is 0 Å². The molecule has 0 aliphatic rings. The van der Waals surface area contributed by atoms with Gasteiger partial charge in [0.15, 0.2) is 5.78 Å². The zero-order valence-corrected chi connectivity index (χ0v) is 8.66. The van der Waals surface area contributed by atoms with Gasteiger partial charge in [0, 0.05) is 5.70 Å². The number of rotatable bonds is 4. The first-order valence-corrected chi connectivity index (χ1v) is 4.31. The van der Waals surface area contributed by atoms with Gasteiger partial charge in [0.25, 0.3) is 0 Å². The van der Waals surface area contributed by atoms with Crippen LogP contribution in [0, 0.1) is 0 Å². The molecule has 14 heavy (non-hydrogen) atoms. The molecule has 0 aliphatic heterocycles. The van der Waals surface area contributed by atoms with Crippen molar-refractivity contribution in [3.05, 3.63) is 23.4 Å². The van der Waals surface area contributed by atoms with E-state index in [1.165, 1.54) is 19.1 Å². The van der Waals surface area contributed by atoms with Crippen LogP contribution in [0.4, 0.5) is 0 Å². The van der Waals surface area contributed by atoms with Crippen molar-refractivity contribution in [2.24, 2.45) is 5.73 Å². The smallest absolute Gasteiger partial charge is 0.339 e. The van der Waals surface area contributed by atoms with E-state index in [-0.39, 0.29) is 18.0 Å². The molecule has 4 heteroatoms. The Balaban J connectivity index is 4.73. The minimum absolute atomic E-state index is 0.145. The normalized spacial score (nSPS) is 12.5. The van der Waals surface area contributed by atoms with Crippen LogP contribution in [0.1, 0.15) is 20.8 Å². The summed E-state index contributed by atoms with van der Waals surface area (Å²) >= 11 is 0. The van der Waals surface area contributed by atoms with E-state index in [1.54, 1.807) is 13.8 Å². The Bertz CT molecular complexity index is 286. The van der Waals surface area contributed by atoms with Crippen molar-refractivity contribution in [1.82, 2.24) is 0 Å². The van der Waals surface area contributed by atoms with E-state index >= 15 is 0 Å². The lowest BCUT2D eigenvalue weighted by molar-refractivity contribution is -0.138. The summed E-state index contributed by atoms with van der Waals surface area (Å²) in [5.41, 5.74) is 6.03. The Hall–Kier alpha value is -1.58. The van der Waals surface area contributed by atoms with E-state index < -0.39 is 5.97 Å². The van der Waals surface area contributed by atoms with Gasteiger partial charge in [-0.15, -0.1) is 0 Å². The van der Waals surface area contributed by atoms with Gasteiger partial charge in [-0.05, 0) is 32.9 Å². The number of allylic oxidation sites excluding steroid dienone is 2. The first-order valence-electron chi connectivity index (χ1n) is 4.31. The average molecular weight is 197 g/mol. The van der Waals surface area contributed by atoms with Gasteiger partial charge in [-0.25, -0.2) is 4.79 Å². The quantitative estimate of drug-likeness (QED) is 0.413. The van der Waals surface area contributed by atoms with Crippen molar-refractivity contribution in [1.29, 1.82) is 0 Å². The molecule has 0 heterocycles. The molecule has 0 aliphatic carbocycles. The lowest BCUT2D eigenvalue weighted by atomic mass is 10.2. The summed E-state index contributed by atoms with van der Waals surface area (Å²) in [5, 5.41) is 0. The van der Waals surface area contributed by atoms with Crippen molar-refractivity contribution in [2.45, 2.75) is 20.8 Å². The Morgan fingerprint density at radius 1 is 1.29 bits per heavy atom. The van der Waals surface area contributed by atoms with Gasteiger partial charge < -0.3 is 10.5 Å². The Kier molecular flexibility index (Phi) is 5.29. The van der Waals surface area contributed by atoms with Crippen molar-refractivity contribution < 1.29 is 14.3 Å². The monoisotopic (exact) mass is 197 g/mol. The predicted octanol–water partition coefficient (Wildman–Crippen LogP) is 0.927. The number of ketones is 1. The largest absolute Gasteiger partial charge is 0.462 e. The Morgan fingerprint density at radius 3 is 2.21 bits per heavy atom. The summed E-state index contributed by atoms with van der Waals surface area (Å²) in [6.07, 6.45) is 2.65. The second kappa shape index (κ2) is 5.96. The van der Waals surface area contributed by atoms with Crippen LogP contribution in [-0.4, -0.2) is 18.4 Å². The van der Waals surface area contributed by atoms with Crippen LogP contribution in [0.15, 0.2) is 23.4 Å². The molecule has 0 atom stereocenters. The van der Waals surface area contributed by atoms with Crippen LogP contribution < -0.4 is 5.73 Å². The van der Waals surface area contributed by atoms with Gasteiger partial charge in [-0.1, -0.05) is 0 Å². The molecule has 0 amide bonds. The summed E-state index contributed by atoms with van der Waals surface area (Å²) in [4.78, 5) is 21.9. The lowest BCUT2D eigenvalue weighted by Gasteiger charge is -2.03. The topological polar surface area (TPSA) is 69.4 Å². The molecule has 0 aromatic heterocycles. The number of carbonyl (C=O) groups excluding carboxylic acids is 2. The Labute approximate surface area is 83.4 Å². The molecule has 78 valence electrons. The fourth-order valence-electron chi connectivity index (χ4n) is 0.770. The number of hydrogen-bond donors (Lipinski definition) is 1. The third kappa shape index (κ3) is 4.45. The van der Waals surface area contributed by atoms with Crippen molar-refractivity contribution in [2.75, 3.05) is 6.61 Å². The van der Waals surface area contributed by atoms with E-state index in [2.05, 4.69) is 0 Å².